The first kappa shape index (κ1) is 10.5. The molecule has 2 aromatic carbocycles. The monoisotopic (exact) mass is 291 g/mol. The average molecular weight is 292 g/mol. The molecular weight excluding hydrogens is 285 g/mol. The molecule has 0 aliphatic carbocycles. The Hall–Kier alpha value is -1.68. The van der Waals surface area contributed by atoms with E-state index >= 15 is 0 Å². The molecule has 0 aliphatic heterocycles. The smallest absolute Gasteiger partial charge is 0.167 e. The maximum Gasteiger partial charge on any atom is 0.167 e. The summed E-state index contributed by atoms with van der Waals surface area (Å²) < 4.78 is 19.8. The maximum absolute atomic E-state index is 13.7. The van der Waals surface area contributed by atoms with Gasteiger partial charge in [0.15, 0.2) is 5.58 Å². The predicted octanol–water partition coefficient (Wildman–Crippen LogP) is 4.40. The highest BCUT2D eigenvalue weighted by Gasteiger charge is 2.13. The van der Waals surface area contributed by atoms with Gasteiger partial charge in [0, 0.05) is 10.0 Å². The molecule has 1 aromatic heterocycles. The van der Waals surface area contributed by atoms with E-state index in [1.54, 1.807) is 24.3 Å². The number of benzene rings is 2. The molecule has 17 heavy (non-hydrogen) atoms. The van der Waals surface area contributed by atoms with Crippen LogP contribution in [0.2, 0.25) is 0 Å². The summed E-state index contributed by atoms with van der Waals surface area (Å²) in [5.41, 5.74) is 1.62. The van der Waals surface area contributed by atoms with Crippen LogP contribution in [0, 0.1) is 5.82 Å². The fraction of sp³-hybridized carbons (Fsp3) is 0. The zero-order valence-electron chi connectivity index (χ0n) is 8.65. The minimum atomic E-state index is -0.303. The Morgan fingerprint density at radius 3 is 2.76 bits per heavy atom. The van der Waals surface area contributed by atoms with Crippen LogP contribution >= 0.6 is 15.9 Å². The second-order valence-electron chi connectivity index (χ2n) is 3.65. The lowest BCUT2D eigenvalue weighted by molar-refractivity contribution is 0.458. The lowest BCUT2D eigenvalue weighted by Gasteiger charge is -1.98. The van der Waals surface area contributed by atoms with E-state index in [9.17, 15) is 4.39 Å². The van der Waals surface area contributed by atoms with Crippen LogP contribution in [-0.2, 0) is 0 Å². The van der Waals surface area contributed by atoms with Gasteiger partial charge >= 0.3 is 0 Å². The van der Waals surface area contributed by atoms with Gasteiger partial charge in [-0.1, -0.05) is 33.2 Å². The molecule has 84 valence electrons. The van der Waals surface area contributed by atoms with Crippen molar-refractivity contribution in [3.8, 4) is 11.3 Å². The number of aromatic nitrogens is 1. The van der Waals surface area contributed by atoms with Gasteiger partial charge in [0.2, 0.25) is 0 Å². The molecule has 3 rings (SSSR count). The summed E-state index contributed by atoms with van der Waals surface area (Å²) in [6.45, 7) is 0. The van der Waals surface area contributed by atoms with Crippen LogP contribution in [0.25, 0.3) is 22.2 Å². The predicted molar refractivity (Wildman–Crippen MR) is 67.1 cm³/mol. The Bertz CT molecular complexity index is 693. The molecule has 3 aromatic rings. The maximum atomic E-state index is 13.7. The van der Waals surface area contributed by atoms with Crippen molar-refractivity contribution < 1.29 is 8.91 Å². The van der Waals surface area contributed by atoms with E-state index in [-0.39, 0.29) is 5.82 Å². The molecular formula is C13H7BrFNO. The van der Waals surface area contributed by atoms with E-state index in [0.717, 1.165) is 9.86 Å². The Balaban J connectivity index is 2.31. The van der Waals surface area contributed by atoms with Gasteiger partial charge in [-0.3, -0.25) is 0 Å². The Morgan fingerprint density at radius 2 is 1.94 bits per heavy atom. The molecule has 0 atom stereocenters. The van der Waals surface area contributed by atoms with Crippen LogP contribution in [0.1, 0.15) is 0 Å². The summed E-state index contributed by atoms with van der Waals surface area (Å²) in [6, 6.07) is 12.1. The fourth-order valence-corrected chi connectivity index (χ4v) is 2.12. The molecule has 0 unspecified atom stereocenters. The molecule has 0 bridgehead atoms. The second kappa shape index (κ2) is 3.96. The van der Waals surface area contributed by atoms with Crippen molar-refractivity contribution in [2.45, 2.75) is 0 Å². The van der Waals surface area contributed by atoms with Crippen molar-refractivity contribution in [2.75, 3.05) is 0 Å². The summed E-state index contributed by atoms with van der Waals surface area (Å²) in [6.07, 6.45) is 0. The quantitative estimate of drug-likeness (QED) is 0.664. The van der Waals surface area contributed by atoms with E-state index in [1.807, 2.05) is 12.1 Å². The molecule has 4 heteroatoms. The first-order valence-electron chi connectivity index (χ1n) is 5.05. The van der Waals surface area contributed by atoms with Gasteiger partial charge in [-0.25, -0.2) is 4.39 Å². The molecule has 0 amide bonds. The van der Waals surface area contributed by atoms with Crippen LogP contribution in [0.3, 0.4) is 0 Å². The van der Waals surface area contributed by atoms with E-state index in [2.05, 4.69) is 21.1 Å². The van der Waals surface area contributed by atoms with Crippen LogP contribution in [-0.4, -0.2) is 5.16 Å². The van der Waals surface area contributed by atoms with Crippen LogP contribution in [0.5, 0.6) is 0 Å². The lowest BCUT2D eigenvalue weighted by atomic mass is 10.1. The summed E-state index contributed by atoms with van der Waals surface area (Å²) >= 11 is 3.38. The zero-order valence-corrected chi connectivity index (χ0v) is 10.2. The van der Waals surface area contributed by atoms with Gasteiger partial charge < -0.3 is 4.52 Å². The van der Waals surface area contributed by atoms with Gasteiger partial charge in [0.05, 0.1) is 5.39 Å². The number of fused-ring (bicyclic) bond motifs is 1. The first-order chi connectivity index (χ1) is 8.25. The molecule has 0 fully saturated rings. The second-order valence-corrected chi connectivity index (χ2v) is 4.57. The van der Waals surface area contributed by atoms with E-state index in [0.29, 0.717) is 16.8 Å². The first-order valence-corrected chi connectivity index (χ1v) is 5.85. The van der Waals surface area contributed by atoms with Gasteiger partial charge in [0.25, 0.3) is 0 Å². The van der Waals surface area contributed by atoms with Crippen LogP contribution in [0.4, 0.5) is 4.39 Å². The molecule has 0 aliphatic rings. The SMILES string of the molecule is Fc1ccccc1-c1noc2ccc(Br)cc12. The van der Waals surface area contributed by atoms with Crippen molar-refractivity contribution in [1.82, 2.24) is 5.16 Å². The van der Waals surface area contributed by atoms with E-state index < -0.39 is 0 Å². The van der Waals surface area contributed by atoms with E-state index in [1.165, 1.54) is 6.07 Å². The van der Waals surface area contributed by atoms with Crippen molar-refractivity contribution in [2.24, 2.45) is 0 Å². The van der Waals surface area contributed by atoms with Crippen molar-refractivity contribution >= 4 is 26.9 Å². The van der Waals surface area contributed by atoms with Crippen molar-refractivity contribution in [3.05, 3.63) is 52.8 Å². The third-order valence-corrected chi connectivity index (χ3v) is 3.05. The number of hydrogen-bond donors (Lipinski definition) is 0. The topological polar surface area (TPSA) is 26.0 Å². The minimum Gasteiger partial charge on any atom is -0.356 e. The number of nitrogens with zero attached hydrogens (tertiary/aromatic N) is 1. The number of hydrogen-bond acceptors (Lipinski definition) is 2. The average Bonchev–Trinajstić information content (AvgIpc) is 2.72. The van der Waals surface area contributed by atoms with Gasteiger partial charge in [-0.05, 0) is 30.3 Å². The number of rotatable bonds is 1. The zero-order chi connectivity index (χ0) is 11.8. The molecule has 2 nitrogen and oxygen atoms in total. The fourth-order valence-electron chi connectivity index (χ4n) is 1.76. The van der Waals surface area contributed by atoms with Crippen molar-refractivity contribution in [3.63, 3.8) is 0 Å². The third-order valence-electron chi connectivity index (χ3n) is 2.56. The molecule has 0 spiro atoms. The normalized spacial score (nSPS) is 10.9. The largest absolute Gasteiger partial charge is 0.356 e. The highest BCUT2D eigenvalue weighted by molar-refractivity contribution is 9.10. The summed E-state index contributed by atoms with van der Waals surface area (Å²) in [4.78, 5) is 0. The Labute approximate surface area is 105 Å². The molecule has 0 N–H and O–H groups in total. The Morgan fingerprint density at radius 1 is 1.12 bits per heavy atom. The van der Waals surface area contributed by atoms with Gasteiger partial charge in [-0.2, -0.15) is 0 Å². The summed E-state index contributed by atoms with van der Waals surface area (Å²) in [5.74, 6) is -0.303. The summed E-state index contributed by atoms with van der Waals surface area (Å²) in [7, 11) is 0. The highest BCUT2D eigenvalue weighted by Crippen LogP contribution is 2.31. The van der Waals surface area contributed by atoms with Crippen LogP contribution in [0.15, 0.2) is 51.5 Å². The summed E-state index contributed by atoms with van der Waals surface area (Å²) in [5, 5.41) is 4.73. The molecule has 1 heterocycles. The standard InChI is InChI=1S/C13H7BrFNO/c14-8-5-6-12-10(7-8)13(16-17-12)9-3-1-2-4-11(9)15/h1-7H. The van der Waals surface area contributed by atoms with Crippen LogP contribution < -0.4 is 0 Å². The van der Waals surface area contributed by atoms with Crippen molar-refractivity contribution in [1.29, 1.82) is 0 Å². The molecule has 0 radical (unpaired) electrons. The minimum absolute atomic E-state index is 0.303. The highest BCUT2D eigenvalue weighted by atomic mass is 79.9. The number of halogens is 2. The van der Waals surface area contributed by atoms with Gasteiger partial charge in [-0.15, -0.1) is 0 Å². The molecule has 0 saturated heterocycles. The van der Waals surface area contributed by atoms with E-state index in [4.69, 9.17) is 4.52 Å². The third kappa shape index (κ3) is 1.74. The molecule has 0 saturated carbocycles. The Kier molecular flexibility index (Phi) is 2.44. The lowest BCUT2D eigenvalue weighted by Crippen LogP contribution is -1.83. The van der Waals surface area contributed by atoms with Gasteiger partial charge in [0.1, 0.15) is 11.5 Å².